The lowest BCUT2D eigenvalue weighted by atomic mass is 10.7. The van der Waals surface area contributed by atoms with Crippen molar-refractivity contribution < 1.29 is 0 Å². The highest BCUT2D eigenvalue weighted by Crippen LogP contribution is 2.45. The summed E-state index contributed by atoms with van der Waals surface area (Å²) in [5.74, 6) is 0. The van der Waals surface area contributed by atoms with Gasteiger partial charge in [0, 0.05) is 19.4 Å². The Kier molecular flexibility index (Phi) is 0.308. The molecule has 0 fully saturated rings. The Morgan fingerprint density at radius 2 is 2.00 bits per heavy atom. The van der Waals surface area contributed by atoms with Gasteiger partial charge in [0.05, 0.1) is 11.4 Å². The molecule has 1 N–H and O–H groups in total. The SMILES string of the molecule is CN1c2c[nH]cc21. The Bertz CT molecular complexity index is 171. The summed E-state index contributed by atoms with van der Waals surface area (Å²) in [4.78, 5) is 5.12. The number of nitrogens with one attached hydrogen (secondary N) is 1. The molecule has 0 atom stereocenters. The molecule has 1 aliphatic heterocycles. The molecule has 2 rings (SSSR count). The summed E-state index contributed by atoms with van der Waals surface area (Å²) >= 11 is 0. The first-order valence-corrected chi connectivity index (χ1v) is 2.30. The van der Waals surface area contributed by atoms with E-state index in [1.54, 1.807) is 0 Å². The molecule has 2 heteroatoms. The summed E-state index contributed by atoms with van der Waals surface area (Å²) in [7, 11) is 2.05. The van der Waals surface area contributed by atoms with E-state index in [1.807, 2.05) is 12.4 Å². The molecule has 0 aliphatic carbocycles. The van der Waals surface area contributed by atoms with Crippen molar-refractivity contribution in [3.8, 4) is 0 Å². The molecule has 36 valence electrons. The van der Waals surface area contributed by atoms with Crippen LogP contribution in [0.2, 0.25) is 0 Å². The van der Waals surface area contributed by atoms with Crippen LogP contribution in [0, 0.1) is 0 Å². The highest BCUT2D eigenvalue weighted by molar-refractivity contribution is 5.91. The molecule has 0 saturated heterocycles. The lowest BCUT2D eigenvalue weighted by Crippen LogP contribution is -1.84. The van der Waals surface area contributed by atoms with Gasteiger partial charge in [-0.25, -0.2) is 0 Å². The van der Waals surface area contributed by atoms with Gasteiger partial charge in [0.1, 0.15) is 0 Å². The molecule has 0 unspecified atom stereocenters. The lowest BCUT2D eigenvalue weighted by molar-refractivity contribution is 1.30. The van der Waals surface area contributed by atoms with Gasteiger partial charge in [-0.1, -0.05) is 0 Å². The fourth-order valence-electron chi connectivity index (χ4n) is 0.822. The first kappa shape index (κ1) is 3.13. The van der Waals surface area contributed by atoms with Crippen LogP contribution in [0.15, 0.2) is 12.4 Å². The zero-order valence-corrected chi connectivity index (χ0v) is 4.10. The number of aromatic amines is 1. The van der Waals surface area contributed by atoms with Crippen molar-refractivity contribution in [3.63, 3.8) is 0 Å². The second-order valence-corrected chi connectivity index (χ2v) is 1.78. The fraction of sp³-hybridized carbons (Fsp3) is 0.200. The van der Waals surface area contributed by atoms with E-state index in [1.165, 1.54) is 11.4 Å². The van der Waals surface area contributed by atoms with Crippen LogP contribution in [-0.4, -0.2) is 12.0 Å². The molecule has 0 amide bonds. The van der Waals surface area contributed by atoms with Crippen LogP contribution in [0.1, 0.15) is 0 Å². The van der Waals surface area contributed by atoms with Gasteiger partial charge < -0.3 is 9.88 Å². The van der Waals surface area contributed by atoms with Crippen LogP contribution in [0.3, 0.4) is 0 Å². The molecule has 0 radical (unpaired) electrons. The number of rotatable bonds is 0. The zero-order chi connectivity index (χ0) is 4.85. The van der Waals surface area contributed by atoms with Crippen molar-refractivity contribution in [3.05, 3.63) is 12.4 Å². The minimum absolute atomic E-state index is 1.33. The van der Waals surface area contributed by atoms with Crippen LogP contribution < -0.4 is 4.90 Å². The molecule has 1 aliphatic rings. The Hall–Kier alpha value is -0.920. The summed E-state index contributed by atoms with van der Waals surface area (Å²) in [5, 5.41) is 0. The highest BCUT2D eigenvalue weighted by atomic mass is 15.3. The van der Waals surface area contributed by atoms with Crippen molar-refractivity contribution in [2.24, 2.45) is 0 Å². The van der Waals surface area contributed by atoms with E-state index in [0.717, 1.165) is 0 Å². The Balaban J connectivity index is 2.60. The molecule has 0 aromatic carbocycles. The summed E-state index contributed by atoms with van der Waals surface area (Å²) in [5.41, 5.74) is 2.67. The number of anilines is 2. The second-order valence-electron chi connectivity index (χ2n) is 1.78. The summed E-state index contributed by atoms with van der Waals surface area (Å²) in [6, 6.07) is 0. The smallest absolute Gasteiger partial charge is 0.0828 e. The van der Waals surface area contributed by atoms with Crippen molar-refractivity contribution in [2.45, 2.75) is 0 Å². The van der Waals surface area contributed by atoms with E-state index >= 15 is 0 Å². The topological polar surface area (TPSA) is 18.8 Å². The maximum absolute atomic E-state index is 2.99. The van der Waals surface area contributed by atoms with E-state index in [2.05, 4.69) is 16.9 Å². The largest absolute Gasteiger partial charge is 0.364 e. The Labute approximate surface area is 41.8 Å². The zero-order valence-electron chi connectivity index (χ0n) is 4.10. The quantitative estimate of drug-likeness (QED) is 0.477. The van der Waals surface area contributed by atoms with Crippen LogP contribution in [-0.2, 0) is 0 Å². The maximum atomic E-state index is 2.99. The third-order valence-corrected chi connectivity index (χ3v) is 1.38. The van der Waals surface area contributed by atoms with Gasteiger partial charge in [0.25, 0.3) is 0 Å². The first-order valence-electron chi connectivity index (χ1n) is 2.30. The molecule has 2 nitrogen and oxygen atoms in total. The predicted molar refractivity (Wildman–Crippen MR) is 28.9 cm³/mol. The molecule has 0 spiro atoms. The Morgan fingerprint density at radius 3 is 2.29 bits per heavy atom. The number of nitrogens with zero attached hydrogens (tertiary/aromatic N) is 1. The fourth-order valence-corrected chi connectivity index (χ4v) is 0.822. The third-order valence-electron chi connectivity index (χ3n) is 1.38. The molecule has 2 heterocycles. The standard InChI is InChI=1S/C5H6N2/c1-7-4-2-6-3-5(4)7/h2-3,6H,1H3. The van der Waals surface area contributed by atoms with Gasteiger partial charge in [0.15, 0.2) is 0 Å². The number of aromatic nitrogens is 1. The summed E-state index contributed by atoms with van der Waals surface area (Å²) < 4.78 is 0. The van der Waals surface area contributed by atoms with E-state index in [-0.39, 0.29) is 0 Å². The van der Waals surface area contributed by atoms with Crippen LogP contribution in [0.4, 0.5) is 11.4 Å². The Morgan fingerprint density at radius 1 is 1.43 bits per heavy atom. The van der Waals surface area contributed by atoms with Crippen LogP contribution in [0.5, 0.6) is 0 Å². The van der Waals surface area contributed by atoms with E-state index < -0.39 is 0 Å². The molecular weight excluding hydrogens is 88.1 g/mol. The molecule has 7 heavy (non-hydrogen) atoms. The molecule has 1 aromatic rings. The van der Waals surface area contributed by atoms with Crippen molar-refractivity contribution >= 4 is 11.4 Å². The van der Waals surface area contributed by atoms with Gasteiger partial charge in [-0.3, -0.25) is 0 Å². The first-order chi connectivity index (χ1) is 3.39. The summed E-state index contributed by atoms with van der Waals surface area (Å²) in [6.07, 6.45) is 3.99. The van der Waals surface area contributed by atoms with Crippen molar-refractivity contribution in [1.82, 2.24) is 4.98 Å². The van der Waals surface area contributed by atoms with Crippen LogP contribution in [0.25, 0.3) is 0 Å². The second kappa shape index (κ2) is 0.689. The van der Waals surface area contributed by atoms with Gasteiger partial charge in [0.2, 0.25) is 0 Å². The highest BCUT2D eigenvalue weighted by Gasteiger charge is 2.24. The van der Waals surface area contributed by atoms with Gasteiger partial charge in [-0.05, 0) is 0 Å². The number of H-pyrrole nitrogens is 1. The normalized spacial score (nSPS) is 14.1. The molecular formula is C5H6N2. The van der Waals surface area contributed by atoms with Gasteiger partial charge in [-0.15, -0.1) is 0 Å². The monoisotopic (exact) mass is 94.1 g/mol. The van der Waals surface area contributed by atoms with E-state index in [9.17, 15) is 0 Å². The predicted octanol–water partition coefficient (Wildman–Crippen LogP) is 1.10. The van der Waals surface area contributed by atoms with Crippen LogP contribution >= 0.6 is 0 Å². The minimum Gasteiger partial charge on any atom is -0.364 e. The third kappa shape index (κ3) is 0.212. The average Bonchev–Trinajstić information content (AvgIpc) is 2.26. The average molecular weight is 94.1 g/mol. The van der Waals surface area contributed by atoms with Crippen molar-refractivity contribution in [1.29, 1.82) is 0 Å². The lowest BCUT2D eigenvalue weighted by Gasteiger charge is -1.85. The van der Waals surface area contributed by atoms with Gasteiger partial charge in [-0.2, -0.15) is 0 Å². The number of fused-ring (bicyclic) bond motifs is 1. The summed E-state index contributed by atoms with van der Waals surface area (Å²) in [6.45, 7) is 0. The van der Waals surface area contributed by atoms with E-state index in [0.29, 0.717) is 0 Å². The molecule has 1 aromatic heterocycles. The minimum atomic E-state index is 1.33. The van der Waals surface area contributed by atoms with E-state index in [4.69, 9.17) is 0 Å². The maximum Gasteiger partial charge on any atom is 0.0828 e. The molecule has 0 saturated carbocycles. The molecule has 0 bridgehead atoms. The van der Waals surface area contributed by atoms with Crippen molar-refractivity contribution in [2.75, 3.05) is 11.9 Å². The van der Waals surface area contributed by atoms with Gasteiger partial charge >= 0.3 is 0 Å². The number of hydrogen-bond acceptors (Lipinski definition) is 1. The number of hydrogen-bond donors (Lipinski definition) is 1.